The van der Waals surface area contributed by atoms with Crippen molar-refractivity contribution in [2.45, 2.75) is 13.0 Å². The van der Waals surface area contributed by atoms with Gasteiger partial charge in [-0.2, -0.15) is 0 Å². The van der Waals surface area contributed by atoms with Crippen LogP contribution >= 0.6 is 11.6 Å². The van der Waals surface area contributed by atoms with E-state index in [9.17, 15) is 4.39 Å². The smallest absolute Gasteiger partial charge is 0.162 e. The zero-order valence-electron chi connectivity index (χ0n) is 12.0. The van der Waals surface area contributed by atoms with Crippen molar-refractivity contribution in [1.29, 1.82) is 0 Å². The Morgan fingerprint density at radius 3 is 2.43 bits per heavy atom. The predicted molar refractivity (Wildman–Crippen MR) is 80.8 cm³/mol. The maximum absolute atomic E-state index is 13.2. The van der Waals surface area contributed by atoms with Crippen LogP contribution in [-0.4, -0.2) is 19.2 Å². The molecule has 1 unspecified atom stereocenters. The van der Waals surface area contributed by atoms with Crippen LogP contribution in [0.4, 0.5) is 10.1 Å². The van der Waals surface area contributed by atoms with Crippen LogP contribution in [0.2, 0.25) is 5.02 Å². The van der Waals surface area contributed by atoms with Crippen LogP contribution in [0.1, 0.15) is 18.5 Å². The summed E-state index contributed by atoms with van der Waals surface area (Å²) in [6.45, 7) is 1.89. The van der Waals surface area contributed by atoms with Crippen molar-refractivity contribution in [2.75, 3.05) is 19.5 Å². The highest BCUT2D eigenvalue weighted by molar-refractivity contribution is 6.33. The van der Waals surface area contributed by atoms with E-state index in [0.717, 1.165) is 5.56 Å². The minimum atomic E-state index is -0.375. The molecule has 4 nitrogen and oxygen atoms in total. The van der Waals surface area contributed by atoms with E-state index in [0.29, 0.717) is 22.2 Å². The number of pyridine rings is 1. The van der Waals surface area contributed by atoms with Crippen molar-refractivity contribution < 1.29 is 13.9 Å². The number of halogens is 2. The molecule has 1 N–H and O–H groups in total. The van der Waals surface area contributed by atoms with Crippen molar-refractivity contribution in [3.8, 4) is 11.5 Å². The van der Waals surface area contributed by atoms with E-state index in [1.165, 1.54) is 12.3 Å². The number of anilines is 1. The summed E-state index contributed by atoms with van der Waals surface area (Å²) in [4.78, 5) is 3.84. The van der Waals surface area contributed by atoms with Crippen LogP contribution in [0.3, 0.4) is 0 Å². The Kier molecular flexibility index (Phi) is 4.85. The molecule has 2 rings (SSSR count). The minimum Gasteiger partial charge on any atom is -0.493 e. The second-order valence-corrected chi connectivity index (χ2v) is 4.90. The monoisotopic (exact) mass is 310 g/mol. The second-order valence-electron chi connectivity index (χ2n) is 4.49. The summed E-state index contributed by atoms with van der Waals surface area (Å²) >= 11 is 6.21. The van der Waals surface area contributed by atoms with Gasteiger partial charge in [-0.3, -0.25) is 4.98 Å². The number of hydrogen-bond acceptors (Lipinski definition) is 4. The largest absolute Gasteiger partial charge is 0.493 e. The van der Waals surface area contributed by atoms with Crippen LogP contribution in [0.25, 0.3) is 0 Å². The number of benzene rings is 1. The third-order valence-electron chi connectivity index (χ3n) is 3.07. The van der Waals surface area contributed by atoms with Crippen molar-refractivity contribution in [3.63, 3.8) is 0 Å². The summed E-state index contributed by atoms with van der Waals surface area (Å²) in [5, 5.41) is 3.70. The van der Waals surface area contributed by atoms with Gasteiger partial charge in [-0.15, -0.1) is 0 Å². The summed E-state index contributed by atoms with van der Waals surface area (Å²) in [5.41, 5.74) is 1.40. The van der Waals surface area contributed by atoms with E-state index >= 15 is 0 Å². The zero-order chi connectivity index (χ0) is 15.4. The van der Waals surface area contributed by atoms with Gasteiger partial charge in [-0.25, -0.2) is 4.39 Å². The molecule has 112 valence electrons. The standard InChI is InChI=1S/C15H16ClFN2O2/c1-9(10-4-11(17)8-18-7-10)19-13-6-15(21-3)14(20-2)5-12(13)16/h4-9,19H,1-3H3. The van der Waals surface area contributed by atoms with Gasteiger partial charge in [0.25, 0.3) is 0 Å². The summed E-state index contributed by atoms with van der Waals surface area (Å²) in [6, 6.07) is 4.67. The fourth-order valence-corrected chi connectivity index (χ4v) is 2.15. The van der Waals surface area contributed by atoms with E-state index in [4.69, 9.17) is 21.1 Å². The molecule has 0 bridgehead atoms. The Morgan fingerprint density at radius 2 is 1.81 bits per heavy atom. The molecular formula is C15H16ClFN2O2. The van der Waals surface area contributed by atoms with Gasteiger partial charge >= 0.3 is 0 Å². The van der Waals surface area contributed by atoms with Crippen LogP contribution < -0.4 is 14.8 Å². The molecular weight excluding hydrogens is 295 g/mol. The topological polar surface area (TPSA) is 43.4 Å². The molecule has 0 saturated heterocycles. The van der Waals surface area contributed by atoms with Gasteiger partial charge < -0.3 is 14.8 Å². The Bertz CT molecular complexity index is 637. The van der Waals surface area contributed by atoms with Crippen LogP contribution in [0, 0.1) is 5.82 Å². The maximum Gasteiger partial charge on any atom is 0.162 e. The van der Waals surface area contributed by atoms with Gasteiger partial charge in [-0.1, -0.05) is 11.6 Å². The zero-order valence-corrected chi connectivity index (χ0v) is 12.7. The molecule has 6 heteroatoms. The number of methoxy groups -OCH3 is 2. The molecule has 0 fully saturated rings. The third kappa shape index (κ3) is 3.55. The number of hydrogen-bond donors (Lipinski definition) is 1. The third-order valence-corrected chi connectivity index (χ3v) is 3.38. The molecule has 0 aliphatic rings. The van der Waals surface area contributed by atoms with Crippen LogP contribution in [0.5, 0.6) is 11.5 Å². The normalized spacial score (nSPS) is 11.9. The molecule has 0 aliphatic carbocycles. The molecule has 21 heavy (non-hydrogen) atoms. The van der Waals surface area contributed by atoms with Gasteiger partial charge in [0.2, 0.25) is 0 Å². The highest BCUT2D eigenvalue weighted by Crippen LogP contribution is 2.37. The van der Waals surface area contributed by atoms with Crippen molar-refractivity contribution in [1.82, 2.24) is 4.98 Å². The molecule has 1 heterocycles. The fraction of sp³-hybridized carbons (Fsp3) is 0.267. The molecule has 2 aromatic rings. The lowest BCUT2D eigenvalue weighted by Crippen LogP contribution is -2.08. The van der Waals surface area contributed by atoms with E-state index in [1.54, 1.807) is 32.5 Å². The highest BCUT2D eigenvalue weighted by atomic mass is 35.5. The molecule has 0 radical (unpaired) electrons. The van der Waals surface area contributed by atoms with Crippen molar-refractivity contribution >= 4 is 17.3 Å². The molecule has 1 aromatic carbocycles. The van der Waals surface area contributed by atoms with E-state index in [2.05, 4.69) is 10.3 Å². The molecule has 0 spiro atoms. The lowest BCUT2D eigenvalue weighted by Gasteiger charge is -2.18. The summed E-state index contributed by atoms with van der Waals surface area (Å²) in [7, 11) is 3.10. The molecule has 1 atom stereocenters. The fourth-order valence-electron chi connectivity index (χ4n) is 1.95. The van der Waals surface area contributed by atoms with E-state index < -0.39 is 0 Å². The van der Waals surface area contributed by atoms with Gasteiger partial charge in [0.15, 0.2) is 11.5 Å². The maximum atomic E-state index is 13.2. The lowest BCUT2D eigenvalue weighted by atomic mass is 10.1. The first-order valence-electron chi connectivity index (χ1n) is 6.33. The van der Waals surface area contributed by atoms with Crippen LogP contribution in [0.15, 0.2) is 30.6 Å². The van der Waals surface area contributed by atoms with Crippen molar-refractivity contribution in [3.05, 3.63) is 47.0 Å². The highest BCUT2D eigenvalue weighted by Gasteiger charge is 2.13. The lowest BCUT2D eigenvalue weighted by molar-refractivity contribution is 0.355. The summed E-state index contributed by atoms with van der Waals surface area (Å²) in [6.07, 6.45) is 2.77. The second kappa shape index (κ2) is 6.63. The van der Waals surface area contributed by atoms with E-state index in [1.807, 2.05) is 6.92 Å². The van der Waals surface area contributed by atoms with Gasteiger partial charge in [0, 0.05) is 18.3 Å². The number of nitrogens with one attached hydrogen (secondary N) is 1. The Hall–Kier alpha value is -2.01. The number of ether oxygens (including phenoxy) is 2. The average Bonchev–Trinajstić information content (AvgIpc) is 2.48. The predicted octanol–water partition coefficient (Wildman–Crippen LogP) is 4.06. The quantitative estimate of drug-likeness (QED) is 0.904. The SMILES string of the molecule is COc1cc(Cl)c(NC(C)c2cncc(F)c2)cc1OC. The van der Waals surface area contributed by atoms with Crippen molar-refractivity contribution in [2.24, 2.45) is 0 Å². The van der Waals surface area contributed by atoms with Gasteiger partial charge in [-0.05, 0) is 18.6 Å². The minimum absolute atomic E-state index is 0.163. The first-order chi connectivity index (χ1) is 10.0. The summed E-state index contributed by atoms with van der Waals surface area (Å²) in [5.74, 6) is 0.738. The number of rotatable bonds is 5. The molecule has 0 aliphatic heterocycles. The number of nitrogens with zero attached hydrogens (tertiary/aromatic N) is 1. The van der Waals surface area contributed by atoms with Gasteiger partial charge in [0.1, 0.15) is 5.82 Å². The average molecular weight is 311 g/mol. The first kappa shape index (κ1) is 15.4. The number of aromatic nitrogens is 1. The van der Waals surface area contributed by atoms with Crippen LogP contribution in [-0.2, 0) is 0 Å². The first-order valence-corrected chi connectivity index (χ1v) is 6.71. The van der Waals surface area contributed by atoms with E-state index in [-0.39, 0.29) is 11.9 Å². The Morgan fingerprint density at radius 1 is 1.14 bits per heavy atom. The van der Waals surface area contributed by atoms with Gasteiger partial charge in [0.05, 0.1) is 37.2 Å². The Balaban J connectivity index is 2.26. The Labute approximate surface area is 127 Å². The molecule has 1 aromatic heterocycles. The molecule has 0 amide bonds. The summed E-state index contributed by atoms with van der Waals surface area (Å²) < 4.78 is 23.6. The molecule has 0 saturated carbocycles.